The monoisotopic (exact) mass is 536 g/mol. The molecule has 5 nitrogen and oxygen atoms in total. The number of quaternary nitrogens is 1. The number of halogens is 4. The van der Waals surface area contributed by atoms with Crippen LogP contribution in [0.5, 0.6) is 0 Å². The minimum atomic E-state index is -0.656. The summed E-state index contributed by atoms with van der Waals surface area (Å²) in [5.41, 5.74) is 1.29. The second kappa shape index (κ2) is 6.49. The molecule has 2 N–H and O–H groups in total. The van der Waals surface area contributed by atoms with Gasteiger partial charge in [-0.25, -0.2) is 0 Å². The number of hydroxylamine groups is 2. The molecule has 1 unspecified atom stereocenters. The SMILES string of the molecule is [O-][N+]1(CCO)CN(CCO)c2c(Br)c(Br)c(Br)c(Br)c21. The summed E-state index contributed by atoms with van der Waals surface area (Å²) in [6, 6.07) is 0. The maximum Gasteiger partial charge on any atom is 0.174 e. The second-order valence-corrected chi connectivity index (χ2v) is 7.59. The number of aliphatic hydroxyl groups excluding tert-OH is 2. The average molecular weight is 540 g/mol. The normalized spacial score (nSPS) is 21.4. The Bertz CT molecular complexity index is 543. The van der Waals surface area contributed by atoms with Crippen LogP contribution in [0.2, 0.25) is 0 Å². The van der Waals surface area contributed by atoms with E-state index in [1.807, 2.05) is 4.90 Å². The molecule has 0 bridgehead atoms. The molecule has 0 radical (unpaired) electrons. The lowest BCUT2D eigenvalue weighted by molar-refractivity contribution is 0.239. The summed E-state index contributed by atoms with van der Waals surface area (Å²) in [7, 11) is 0. The summed E-state index contributed by atoms with van der Waals surface area (Å²) in [6.07, 6.45) is 0. The standard InChI is InChI=1S/C11H12Br4N2O3/c12-6-7(13)9(15)11-10(8(6)14)16(1-3-18)5-17(11,20)2-4-19/h18-19H,1-5H2. The molecule has 1 heterocycles. The zero-order chi connectivity index (χ0) is 15.1. The number of anilines is 1. The fraction of sp³-hybridized carbons (Fsp3) is 0.455. The first-order chi connectivity index (χ1) is 9.37. The third-order valence-corrected chi connectivity index (χ3v) is 7.90. The quantitative estimate of drug-likeness (QED) is 0.267. The van der Waals surface area contributed by atoms with Gasteiger partial charge in [0.25, 0.3) is 0 Å². The number of benzene rings is 1. The minimum Gasteiger partial charge on any atom is -0.626 e. The molecule has 112 valence electrons. The van der Waals surface area contributed by atoms with Gasteiger partial charge in [-0.05, 0) is 63.7 Å². The lowest BCUT2D eigenvalue weighted by atomic mass is 10.2. The van der Waals surface area contributed by atoms with E-state index in [-0.39, 0.29) is 26.4 Å². The second-order valence-electron chi connectivity index (χ2n) is 4.42. The van der Waals surface area contributed by atoms with Crippen LogP contribution in [-0.2, 0) is 0 Å². The number of aliphatic hydroxyl groups is 2. The molecule has 0 aromatic heterocycles. The van der Waals surface area contributed by atoms with Gasteiger partial charge in [-0.3, -0.25) is 0 Å². The van der Waals surface area contributed by atoms with Gasteiger partial charge in [0.2, 0.25) is 0 Å². The van der Waals surface area contributed by atoms with E-state index < -0.39 is 4.65 Å². The maximum absolute atomic E-state index is 13.0. The van der Waals surface area contributed by atoms with Crippen LogP contribution in [0, 0.1) is 5.21 Å². The van der Waals surface area contributed by atoms with Gasteiger partial charge in [0.1, 0.15) is 12.2 Å². The highest BCUT2D eigenvalue weighted by Gasteiger charge is 2.41. The Hall–Kier alpha value is 0.780. The Balaban J connectivity index is 2.69. The van der Waals surface area contributed by atoms with Crippen molar-refractivity contribution >= 4 is 75.1 Å². The molecule has 2 rings (SSSR count). The van der Waals surface area contributed by atoms with E-state index in [4.69, 9.17) is 0 Å². The molecule has 1 aromatic carbocycles. The fourth-order valence-electron chi connectivity index (χ4n) is 2.33. The Morgan fingerprint density at radius 1 is 1.00 bits per heavy atom. The van der Waals surface area contributed by atoms with Crippen LogP contribution in [0.25, 0.3) is 0 Å². The Labute approximate surface area is 150 Å². The molecule has 0 saturated carbocycles. The largest absolute Gasteiger partial charge is 0.626 e. The van der Waals surface area contributed by atoms with Crippen LogP contribution in [-0.4, -0.2) is 43.2 Å². The molecule has 0 aliphatic carbocycles. The van der Waals surface area contributed by atoms with Crippen molar-refractivity contribution in [3.63, 3.8) is 0 Å². The average Bonchev–Trinajstić information content (AvgIpc) is 2.67. The van der Waals surface area contributed by atoms with E-state index in [2.05, 4.69) is 63.7 Å². The molecule has 0 amide bonds. The van der Waals surface area contributed by atoms with Crippen molar-refractivity contribution in [1.82, 2.24) is 4.65 Å². The van der Waals surface area contributed by atoms with Gasteiger partial charge in [0.05, 0.1) is 26.6 Å². The van der Waals surface area contributed by atoms with Gasteiger partial charge in [0.15, 0.2) is 12.4 Å². The highest BCUT2D eigenvalue weighted by molar-refractivity contribution is 9.15. The van der Waals surface area contributed by atoms with E-state index in [0.717, 1.165) is 19.1 Å². The molecule has 1 aromatic rings. The van der Waals surface area contributed by atoms with Gasteiger partial charge < -0.3 is 25.0 Å². The Morgan fingerprint density at radius 2 is 1.60 bits per heavy atom. The van der Waals surface area contributed by atoms with Crippen molar-refractivity contribution in [3.05, 3.63) is 23.1 Å². The summed E-state index contributed by atoms with van der Waals surface area (Å²) in [5.74, 6) is 0. The van der Waals surface area contributed by atoms with Crippen LogP contribution < -0.4 is 9.55 Å². The summed E-state index contributed by atoms with van der Waals surface area (Å²) in [5, 5.41) is 31.4. The lowest BCUT2D eigenvalue weighted by Gasteiger charge is -2.38. The van der Waals surface area contributed by atoms with Crippen LogP contribution in [0.4, 0.5) is 11.4 Å². The highest BCUT2D eigenvalue weighted by atomic mass is 79.9. The van der Waals surface area contributed by atoms with Crippen molar-refractivity contribution in [2.45, 2.75) is 0 Å². The Morgan fingerprint density at radius 3 is 2.15 bits per heavy atom. The zero-order valence-corrected chi connectivity index (χ0v) is 16.6. The first kappa shape index (κ1) is 17.1. The molecule has 0 fully saturated rings. The molecule has 0 spiro atoms. The number of β-amino-alcohol motifs (C(OH)–C–C–N with tert-alkyl or cyclic N) is 1. The first-order valence-corrected chi connectivity index (χ1v) is 8.96. The van der Waals surface area contributed by atoms with E-state index in [9.17, 15) is 15.4 Å². The summed E-state index contributed by atoms with van der Waals surface area (Å²) in [6.45, 7) is 0.342. The molecule has 1 aliphatic heterocycles. The van der Waals surface area contributed by atoms with E-state index >= 15 is 0 Å². The van der Waals surface area contributed by atoms with Crippen LogP contribution in [0.3, 0.4) is 0 Å². The zero-order valence-electron chi connectivity index (χ0n) is 10.2. The topological polar surface area (TPSA) is 66.8 Å². The van der Waals surface area contributed by atoms with E-state index in [1.54, 1.807) is 0 Å². The third kappa shape index (κ3) is 2.71. The predicted octanol–water partition coefficient (Wildman–Crippen LogP) is 3.30. The number of rotatable bonds is 4. The van der Waals surface area contributed by atoms with Crippen LogP contribution in [0.15, 0.2) is 17.9 Å². The molecular formula is C11H12Br4N2O3. The predicted molar refractivity (Wildman–Crippen MR) is 93.7 cm³/mol. The lowest BCUT2D eigenvalue weighted by Crippen LogP contribution is -2.48. The van der Waals surface area contributed by atoms with Gasteiger partial charge >= 0.3 is 0 Å². The fourth-order valence-corrected chi connectivity index (χ4v) is 4.98. The van der Waals surface area contributed by atoms with Crippen molar-refractivity contribution in [3.8, 4) is 0 Å². The molecule has 1 atom stereocenters. The van der Waals surface area contributed by atoms with Gasteiger partial charge in [-0.15, -0.1) is 0 Å². The third-order valence-electron chi connectivity index (χ3n) is 3.17. The molecular weight excluding hydrogens is 528 g/mol. The van der Waals surface area contributed by atoms with Crippen LogP contribution >= 0.6 is 63.7 Å². The summed E-state index contributed by atoms with van der Waals surface area (Å²) >= 11 is 13.9. The van der Waals surface area contributed by atoms with Crippen molar-refractivity contribution in [2.24, 2.45) is 0 Å². The van der Waals surface area contributed by atoms with Gasteiger partial charge in [-0.1, -0.05) is 0 Å². The van der Waals surface area contributed by atoms with Gasteiger partial charge in [-0.2, -0.15) is 0 Å². The van der Waals surface area contributed by atoms with Gasteiger partial charge in [0, 0.05) is 11.0 Å². The smallest absolute Gasteiger partial charge is 0.174 e. The number of nitrogens with zero attached hydrogens (tertiary/aromatic N) is 2. The van der Waals surface area contributed by atoms with Crippen molar-refractivity contribution < 1.29 is 10.2 Å². The number of hydrogen-bond donors (Lipinski definition) is 2. The van der Waals surface area contributed by atoms with E-state index in [0.29, 0.717) is 16.7 Å². The minimum absolute atomic E-state index is 0.0453. The molecule has 1 aliphatic rings. The Kier molecular flexibility index (Phi) is 5.56. The van der Waals surface area contributed by atoms with Crippen molar-refractivity contribution in [2.75, 3.05) is 37.9 Å². The summed E-state index contributed by atoms with van der Waals surface area (Å²) in [4.78, 5) is 1.82. The molecule has 20 heavy (non-hydrogen) atoms. The first-order valence-electron chi connectivity index (χ1n) is 5.78. The maximum atomic E-state index is 13.0. The van der Waals surface area contributed by atoms with E-state index in [1.165, 1.54) is 0 Å². The van der Waals surface area contributed by atoms with Crippen molar-refractivity contribution in [1.29, 1.82) is 0 Å². The molecule has 0 saturated heterocycles. The number of fused-ring (bicyclic) bond motifs is 1. The highest BCUT2D eigenvalue weighted by Crippen LogP contribution is 2.55. The number of hydrogen-bond acceptors (Lipinski definition) is 4. The summed E-state index contributed by atoms with van der Waals surface area (Å²) < 4.78 is 2.29. The van der Waals surface area contributed by atoms with Crippen LogP contribution in [0.1, 0.15) is 0 Å². The molecule has 9 heteroatoms.